The summed E-state index contributed by atoms with van der Waals surface area (Å²) in [6.07, 6.45) is 5.76. The second-order valence-electron chi connectivity index (χ2n) is 6.24. The van der Waals surface area contributed by atoms with Crippen molar-refractivity contribution in [2.45, 2.75) is 45.1 Å². The van der Waals surface area contributed by atoms with Crippen LogP contribution < -0.4 is 5.32 Å². The van der Waals surface area contributed by atoms with Gasteiger partial charge in [-0.15, -0.1) is 0 Å². The number of rotatable bonds is 6. The van der Waals surface area contributed by atoms with Gasteiger partial charge >= 0.3 is 0 Å². The molecule has 0 aliphatic heterocycles. The van der Waals surface area contributed by atoms with E-state index in [2.05, 4.69) is 34.2 Å². The van der Waals surface area contributed by atoms with Gasteiger partial charge in [0.15, 0.2) is 12.1 Å². The van der Waals surface area contributed by atoms with E-state index in [1.54, 1.807) is 4.68 Å². The molecule has 1 N–H and O–H groups in total. The van der Waals surface area contributed by atoms with Gasteiger partial charge in [-0.05, 0) is 25.2 Å². The molecule has 1 atom stereocenters. The Balaban J connectivity index is 1.79. The number of amides is 1. The molecule has 0 unspecified atom stereocenters. The first kappa shape index (κ1) is 14.7. The zero-order chi connectivity index (χ0) is 15.7. The molecular weight excluding hydrogens is 282 g/mol. The first-order valence-electron chi connectivity index (χ1n) is 7.64. The lowest BCUT2D eigenvalue weighted by Gasteiger charge is -2.19. The molecule has 7 heteroatoms. The summed E-state index contributed by atoms with van der Waals surface area (Å²) < 4.78 is 7.07. The van der Waals surface area contributed by atoms with Crippen LogP contribution in [0.1, 0.15) is 67.1 Å². The largest absolute Gasteiger partial charge is 0.447 e. The van der Waals surface area contributed by atoms with E-state index in [0.29, 0.717) is 23.3 Å². The van der Waals surface area contributed by atoms with E-state index >= 15 is 0 Å². The third-order valence-electron chi connectivity index (χ3n) is 3.83. The second-order valence-corrected chi connectivity index (χ2v) is 6.24. The van der Waals surface area contributed by atoms with Crippen LogP contribution in [0.2, 0.25) is 0 Å². The van der Waals surface area contributed by atoms with Crippen molar-refractivity contribution in [1.82, 2.24) is 25.1 Å². The van der Waals surface area contributed by atoms with Gasteiger partial charge in [-0.3, -0.25) is 9.48 Å². The Morgan fingerprint density at radius 1 is 1.45 bits per heavy atom. The van der Waals surface area contributed by atoms with Crippen LogP contribution in [-0.4, -0.2) is 25.7 Å². The Labute approximate surface area is 129 Å². The average molecular weight is 303 g/mol. The molecule has 2 aromatic rings. The van der Waals surface area contributed by atoms with Crippen LogP contribution in [0.3, 0.4) is 0 Å². The van der Waals surface area contributed by atoms with Gasteiger partial charge in [0.05, 0.1) is 6.04 Å². The van der Waals surface area contributed by atoms with E-state index in [9.17, 15) is 4.79 Å². The highest BCUT2D eigenvalue weighted by atomic mass is 16.3. The standard InChI is InChI=1S/C15H21N5O2/c1-9(2)6-11(14-16-7-18-20(14)3)19-15(21)12-13(10-4-5-10)22-8-17-12/h7-11H,4-6H2,1-3H3,(H,19,21)/t11-/m1/s1. The molecule has 7 nitrogen and oxygen atoms in total. The fraction of sp³-hybridized carbons (Fsp3) is 0.600. The first-order chi connectivity index (χ1) is 10.6. The van der Waals surface area contributed by atoms with Crippen molar-refractivity contribution in [3.05, 3.63) is 30.0 Å². The summed E-state index contributed by atoms with van der Waals surface area (Å²) in [6.45, 7) is 4.22. The highest BCUT2D eigenvalue weighted by molar-refractivity contribution is 5.93. The van der Waals surface area contributed by atoms with Crippen molar-refractivity contribution in [3.63, 3.8) is 0 Å². The molecule has 3 rings (SSSR count). The van der Waals surface area contributed by atoms with Gasteiger partial charge in [0, 0.05) is 13.0 Å². The molecule has 0 saturated heterocycles. The van der Waals surface area contributed by atoms with Crippen LogP contribution >= 0.6 is 0 Å². The summed E-state index contributed by atoms with van der Waals surface area (Å²) in [7, 11) is 1.83. The van der Waals surface area contributed by atoms with Crippen molar-refractivity contribution >= 4 is 5.91 Å². The minimum Gasteiger partial charge on any atom is -0.447 e. The van der Waals surface area contributed by atoms with Crippen LogP contribution in [0.4, 0.5) is 0 Å². The van der Waals surface area contributed by atoms with E-state index in [1.165, 1.54) is 12.7 Å². The lowest BCUT2D eigenvalue weighted by Crippen LogP contribution is -2.32. The number of nitrogens with zero attached hydrogens (tertiary/aromatic N) is 4. The topological polar surface area (TPSA) is 85.8 Å². The summed E-state index contributed by atoms with van der Waals surface area (Å²) in [4.78, 5) is 20.9. The number of carbonyl (C=O) groups excluding carboxylic acids is 1. The predicted octanol–water partition coefficient (Wildman–Crippen LogP) is 2.20. The summed E-state index contributed by atoms with van der Waals surface area (Å²) in [5, 5.41) is 7.12. The van der Waals surface area contributed by atoms with E-state index in [-0.39, 0.29) is 11.9 Å². The van der Waals surface area contributed by atoms with E-state index < -0.39 is 0 Å². The highest BCUT2D eigenvalue weighted by Gasteiger charge is 2.33. The maximum absolute atomic E-state index is 12.6. The second kappa shape index (κ2) is 5.90. The fourth-order valence-corrected chi connectivity index (χ4v) is 2.61. The van der Waals surface area contributed by atoms with E-state index in [1.807, 2.05) is 7.05 Å². The molecule has 0 spiro atoms. The third kappa shape index (κ3) is 3.03. The zero-order valence-electron chi connectivity index (χ0n) is 13.1. The van der Waals surface area contributed by atoms with Crippen LogP contribution in [0.15, 0.2) is 17.1 Å². The van der Waals surface area contributed by atoms with Gasteiger partial charge in [-0.25, -0.2) is 9.97 Å². The van der Waals surface area contributed by atoms with Gasteiger partial charge in [0.2, 0.25) is 0 Å². The summed E-state index contributed by atoms with van der Waals surface area (Å²) >= 11 is 0. The van der Waals surface area contributed by atoms with Crippen molar-refractivity contribution in [1.29, 1.82) is 0 Å². The Bertz CT molecular complexity index is 656. The maximum atomic E-state index is 12.6. The molecule has 2 heterocycles. The molecule has 118 valence electrons. The molecular formula is C15H21N5O2. The Morgan fingerprint density at radius 2 is 2.23 bits per heavy atom. The van der Waals surface area contributed by atoms with Gasteiger partial charge in [-0.1, -0.05) is 13.8 Å². The Kier molecular flexibility index (Phi) is 3.96. The van der Waals surface area contributed by atoms with Crippen molar-refractivity contribution in [2.24, 2.45) is 13.0 Å². The number of oxazole rings is 1. The summed E-state index contributed by atoms with van der Waals surface area (Å²) in [5.74, 6) is 2.02. The number of aryl methyl sites for hydroxylation is 1. The molecule has 1 fully saturated rings. The normalized spacial score (nSPS) is 16.0. The molecule has 1 amide bonds. The molecule has 0 aromatic carbocycles. The van der Waals surface area contributed by atoms with Crippen LogP contribution in [0.25, 0.3) is 0 Å². The predicted molar refractivity (Wildman–Crippen MR) is 79.1 cm³/mol. The Hall–Kier alpha value is -2.18. The smallest absolute Gasteiger partial charge is 0.274 e. The number of carbonyl (C=O) groups is 1. The molecule has 0 bridgehead atoms. The first-order valence-corrected chi connectivity index (χ1v) is 7.64. The summed E-state index contributed by atoms with van der Waals surface area (Å²) in [6, 6.07) is -0.191. The fourth-order valence-electron chi connectivity index (χ4n) is 2.61. The van der Waals surface area contributed by atoms with Gasteiger partial charge in [0.25, 0.3) is 5.91 Å². The zero-order valence-corrected chi connectivity index (χ0v) is 13.1. The van der Waals surface area contributed by atoms with Crippen molar-refractivity contribution in [3.8, 4) is 0 Å². The summed E-state index contributed by atoms with van der Waals surface area (Å²) in [5.41, 5.74) is 0.401. The quantitative estimate of drug-likeness (QED) is 0.884. The minimum atomic E-state index is -0.204. The molecule has 2 aromatic heterocycles. The van der Waals surface area contributed by atoms with E-state index in [4.69, 9.17) is 4.42 Å². The third-order valence-corrected chi connectivity index (χ3v) is 3.83. The molecule has 22 heavy (non-hydrogen) atoms. The van der Waals surface area contributed by atoms with Crippen LogP contribution in [0, 0.1) is 5.92 Å². The monoisotopic (exact) mass is 303 g/mol. The lowest BCUT2D eigenvalue weighted by molar-refractivity contribution is 0.0922. The minimum absolute atomic E-state index is 0.191. The number of nitrogens with one attached hydrogen (secondary N) is 1. The van der Waals surface area contributed by atoms with E-state index in [0.717, 1.165) is 25.1 Å². The van der Waals surface area contributed by atoms with Crippen molar-refractivity contribution in [2.75, 3.05) is 0 Å². The lowest BCUT2D eigenvalue weighted by atomic mass is 10.0. The van der Waals surface area contributed by atoms with Gasteiger partial charge in [0.1, 0.15) is 17.9 Å². The Morgan fingerprint density at radius 3 is 2.82 bits per heavy atom. The highest BCUT2D eigenvalue weighted by Crippen LogP contribution is 2.41. The molecule has 1 aliphatic carbocycles. The van der Waals surface area contributed by atoms with Crippen LogP contribution in [0.5, 0.6) is 0 Å². The van der Waals surface area contributed by atoms with Crippen LogP contribution in [-0.2, 0) is 7.05 Å². The van der Waals surface area contributed by atoms with Gasteiger partial charge in [-0.2, -0.15) is 5.10 Å². The molecule has 0 radical (unpaired) electrons. The average Bonchev–Trinajstić information content (AvgIpc) is 3.02. The molecule has 1 aliphatic rings. The van der Waals surface area contributed by atoms with Crippen molar-refractivity contribution < 1.29 is 9.21 Å². The number of hydrogen-bond acceptors (Lipinski definition) is 5. The number of hydrogen-bond donors (Lipinski definition) is 1. The number of aromatic nitrogens is 4. The molecule has 1 saturated carbocycles. The SMILES string of the molecule is CC(C)C[C@@H](NC(=O)c1ncoc1C1CC1)c1ncnn1C. The van der Waals surface area contributed by atoms with Gasteiger partial charge < -0.3 is 9.73 Å². The maximum Gasteiger partial charge on any atom is 0.274 e.